The predicted molar refractivity (Wildman–Crippen MR) is 63.8 cm³/mol. The van der Waals surface area contributed by atoms with E-state index in [-0.39, 0.29) is 5.56 Å². The van der Waals surface area contributed by atoms with Gasteiger partial charge in [0, 0.05) is 23.4 Å². The maximum Gasteiger partial charge on any atom is 0.128 e. The molecule has 0 aliphatic heterocycles. The zero-order valence-corrected chi connectivity index (χ0v) is 10.1. The summed E-state index contributed by atoms with van der Waals surface area (Å²) in [5.41, 5.74) is 6.86. The van der Waals surface area contributed by atoms with Crippen molar-refractivity contribution in [3.8, 4) is 0 Å². The Morgan fingerprint density at radius 1 is 1.41 bits per heavy atom. The lowest BCUT2D eigenvalue weighted by atomic mass is 10.0. The molecule has 1 heterocycles. The fraction of sp³-hybridized carbons (Fsp3) is 0.250. The summed E-state index contributed by atoms with van der Waals surface area (Å²) in [4.78, 5) is 4.25. The van der Waals surface area contributed by atoms with Gasteiger partial charge in [-0.05, 0) is 25.1 Å². The zero-order valence-electron chi connectivity index (χ0n) is 9.28. The van der Waals surface area contributed by atoms with Crippen LogP contribution in [0.15, 0.2) is 23.6 Å². The highest BCUT2D eigenvalue weighted by atomic mass is 32.1. The normalized spacial score (nSPS) is 12.7. The fourth-order valence-corrected chi connectivity index (χ4v) is 2.26. The Kier molecular flexibility index (Phi) is 3.49. The van der Waals surface area contributed by atoms with Gasteiger partial charge in [0.25, 0.3) is 0 Å². The second kappa shape index (κ2) is 4.89. The van der Waals surface area contributed by atoms with Gasteiger partial charge >= 0.3 is 0 Å². The SMILES string of the molecule is Cc1nc(CC(N)c2cc(F)ccc2F)cs1. The minimum atomic E-state index is -0.577. The Morgan fingerprint density at radius 2 is 2.18 bits per heavy atom. The van der Waals surface area contributed by atoms with Crippen molar-refractivity contribution >= 4 is 11.3 Å². The highest BCUT2D eigenvalue weighted by Gasteiger charge is 2.14. The van der Waals surface area contributed by atoms with Gasteiger partial charge in [0.15, 0.2) is 0 Å². The number of nitrogens with two attached hydrogens (primary N) is 1. The van der Waals surface area contributed by atoms with Crippen LogP contribution in [0.2, 0.25) is 0 Å². The zero-order chi connectivity index (χ0) is 12.4. The predicted octanol–water partition coefficient (Wildman–Crippen LogP) is 2.97. The van der Waals surface area contributed by atoms with E-state index in [9.17, 15) is 8.78 Å². The first kappa shape index (κ1) is 12.1. The molecule has 2 nitrogen and oxygen atoms in total. The minimum absolute atomic E-state index is 0.190. The average molecular weight is 254 g/mol. The van der Waals surface area contributed by atoms with E-state index in [4.69, 9.17) is 5.73 Å². The largest absolute Gasteiger partial charge is 0.324 e. The summed E-state index contributed by atoms with van der Waals surface area (Å²) in [6.45, 7) is 1.89. The van der Waals surface area contributed by atoms with Crippen molar-refractivity contribution in [3.63, 3.8) is 0 Å². The highest BCUT2D eigenvalue weighted by molar-refractivity contribution is 7.09. The van der Waals surface area contributed by atoms with E-state index in [0.29, 0.717) is 6.42 Å². The van der Waals surface area contributed by atoms with Crippen molar-refractivity contribution in [2.24, 2.45) is 5.73 Å². The first-order chi connectivity index (χ1) is 8.06. The lowest BCUT2D eigenvalue weighted by Crippen LogP contribution is -2.15. The smallest absolute Gasteiger partial charge is 0.128 e. The third kappa shape index (κ3) is 2.87. The molecule has 0 spiro atoms. The summed E-state index contributed by atoms with van der Waals surface area (Å²) >= 11 is 1.51. The van der Waals surface area contributed by atoms with E-state index < -0.39 is 17.7 Å². The van der Waals surface area contributed by atoms with Crippen molar-refractivity contribution in [2.45, 2.75) is 19.4 Å². The summed E-state index contributed by atoms with van der Waals surface area (Å²) in [5, 5.41) is 2.82. The number of hydrogen-bond donors (Lipinski definition) is 1. The monoisotopic (exact) mass is 254 g/mol. The number of benzene rings is 1. The Bertz CT molecular complexity index is 525. The van der Waals surface area contributed by atoms with Crippen molar-refractivity contribution < 1.29 is 8.78 Å². The molecular weight excluding hydrogens is 242 g/mol. The van der Waals surface area contributed by atoms with Crippen molar-refractivity contribution in [1.82, 2.24) is 4.98 Å². The number of thiazole rings is 1. The second-order valence-corrected chi connectivity index (χ2v) is 4.90. The average Bonchev–Trinajstić information content (AvgIpc) is 2.67. The lowest BCUT2D eigenvalue weighted by Gasteiger charge is -2.11. The van der Waals surface area contributed by atoms with E-state index in [1.807, 2.05) is 12.3 Å². The molecule has 0 radical (unpaired) electrons. The molecule has 5 heteroatoms. The topological polar surface area (TPSA) is 38.9 Å². The lowest BCUT2D eigenvalue weighted by molar-refractivity contribution is 0.559. The molecule has 17 heavy (non-hydrogen) atoms. The van der Waals surface area contributed by atoms with Crippen LogP contribution in [0.1, 0.15) is 22.3 Å². The van der Waals surface area contributed by atoms with E-state index in [1.54, 1.807) is 0 Å². The summed E-state index contributed by atoms with van der Waals surface area (Å²) in [6.07, 6.45) is 0.407. The van der Waals surface area contributed by atoms with Gasteiger partial charge in [-0.15, -0.1) is 11.3 Å². The van der Waals surface area contributed by atoms with Gasteiger partial charge in [-0.25, -0.2) is 13.8 Å². The van der Waals surface area contributed by atoms with Crippen LogP contribution in [-0.4, -0.2) is 4.98 Å². The summed E-state index contributed by atoms with van der Waals surface area (Å²) in [7, 11) is 0. The molecule has 2 aromatic rings. The van der Waals surface area contributed by atoms with Crippen molar-refractivity contribution in [3.05, 3.63) is 51.5 Å². The summed E-state index contributed by atoms with van der Waals surface area (Å²) < 4.78 is 26.5. The summed E-state index contributed by atoms with van der Waals surface area (Å²) in [5.74, 6) is -0.961. The first-order valence-electron chi connectivity index (χ1n) is 5.18. The fourth-order valence-electron chi connectivity index (χ4n) is 1.64. The van der Waals surface area contributed by atoms with Crippen LogP contribution in [0, 0.1) is 18.6 Å². The van der Waals surface area contributed by atoms with E-state index in [0.717, 1.165) is 28.9 Å². The van der Waals surface area contributed by atoms with Gasteiger partial charge in [0.2, 0.25) is 0 Å². The molecular formula is C12H12F2N2S. The van der Waals surface area contributed by atoms with E-state index in [2.05, 4.69) is 4.98 Å². The Morgan fingerprint density at radius 3 is 2.82 bits per heavy atom. The molecule has 90 valence electrons. The van der Waals surface area contributed by atoms with Crippen molar-refractivity contribution in [2.75, 3.05) is 0 Å². The molecule has 2 N–H and O–H groups in total. The van der Waals surface area contributed by atoms with Gasteiger partial charge in [-0.2, -0.15) is 0 Å². The third-order valence-corrected chi connectivity index (χ3v) is 3.28. The van der Waals surface area contributed by atoms with Gasteiger partial charge in [-0.3, -0.25) is 0 Å². The van der Waals surface area contributed by atoms with Crippen LogP contribution in [0.4, 0.5) is 8.78 Å². The molecule has 0 aliphatic rings. The van der Waals surface area contributed by atoms with E-state index in [1.165, 1.54) is 11.3 Å². The first-order valence-corrected chi connectivity index (χ1v) is 6.06. The molecule has 1 unspecified atom stereocenters. The van der Waals surface area contributed by atoms with Crippen LogP contribution >= 0.6 is 11.3 Å². The number of halogens is 2. The summed E-state index contributed by atoms with van der Waals surface area (Å²) in [6, 6.07) is 2.74. The molecule has 0 amide bonds. The maximum atomic E-state index is 13.5. The molecule has 0 fully saturated rings. The number of hydrogen-bond acceptors (Lipinski definition) is 3. The molecule has 0 aliphatic carbocycles. The van der Waals surface area contributed by atoms with Crippen LogP contribution in [-0.2, 0) is 6.42 Å². The van der Waals surface area contributed by atoms with Crippen LogP contribution in [0.25, 0.3) is 0 Å². The number of nitrogens with zero attached hydrogens (tertiary/aromatic N) is 1. The number of rotatable bonds is 3. The molecule has 0 bridgehead atoms. The molecule has 1 aromatic carbocycles. The van der Waals surface area contributed by atoms with Gasteiger partial charge in [0.05, 0.1) is 10.7 Å². The Hall–Kier alpha value is -1.33. The maximum absolute atomic E-state index is 13.5. The van der Waals surface area contributed by atoms with Gasteiger partial charge in [0.1, 0.15) is 11.6 Å². The highest BCUT2D eigenvalue weighted by Crippen LogP contribution is 2.21. The van der Waals surface area contributed by atoms with Crippen molar-refractivity contribution in [1.29, 1.82) is 0 Å². The molecule has 1 aromatic heterocycles. The van der Waals surface area contributed by atoms with Crippen LogP contribution in [0.5, 0.6) is 0 Å². The second-order valence-electron chi connectivity index (χ2n) is 3.83. The Balaban J connectivity index is 2.19. The minimum Gasteiger partial charge on any atom is -0.324 e. The third-order valence-electron chi connectivity index (χ3n) is 2.45. The van der Waals surface area contributed by atoms with E-state index >= 15 is 0 Å². The molecule has 0 saturated carbocycles. The molecule has 1 atom stereocenters. The Labute approximate surface area is 102 Å². The van der Waals surface area contributed by atoms with Gasteiger partial charge in [-0.1, -0.05) is 0 Å². The standard InChI is InChI=1S/C12H12F2N2S/c1-7-16-9(6-17-7)5-12(15)10-4-8(13)2-3-11(10)14/h2-4,6,12H,5,15H2,1H3. The number of aryl methyl sites for hydroxylation is 1. The molecule has 0 saturated heterocycles. The molecule has 2 rings (SSSR count). The quantitative estimate of drug-likeness (QED) is 0.914. The van der Waals surface area contributed by atoms with Gasteiger partial charge < -0.3 is 5.73 Å². The van der Waals surface area contributed by atoms with Crippen LogP contribution < -0.4 is 5.73 Å². The number of aromatic nitrogens is 1. The van der Waals surface area contributed by atoms with Crippen LogP contribution in [0.3, 0.4) is 0 Å².